The molecule has 2 aliphatic rings. The Balaban J connectivity index is 1.26. The van der Waals surface area contributed by atoms with Crippen molar-refractivity contribution in [2.24, 2.45) is 0 Å². The third-order valence-corrected chi connectivity index (χ3v) is 10.4. The Morgan fingerprint density at radius 3 is 2.22 bits per heavy atom. The van der Waals surface area contributed by atoms with E-state index in [0.717, 1.165) is 23.3 Å². The Morgan fingerprint density at radius 2 is 1.62 bits per heavy atom. The van der Waals surface area contributed by atoms with Crippen LogP contribution in [0.1, 0.15) is 46.6 Å². The number of rotatable bonds is 7. The minimum absolute atomic E-state index is 0.0621. The fraction of sp³-hybridized carbons (Fsp3) is 0.345. The summed E-state index contributed by atoms with van der Waals surface area (Å²) in [5, 5.41) is 9.44. The number of carbonyl (C=O) groups excluding carboxylic acids is 1. The van der Waals surface area contributed by atoms with Gasteiger partial charge < -0.3 is 4.74 Å². The third-order valence-electron chi connectivity index (χ3n) is 7.87. The summed E-state index contributed by atoms with van der Waals surface area (Å²) in [4.78, 5) is 12.8. The van der Waals surface area contributed by atoms with E-state index in [4.69, 9.17) is 4.74 Å². The highest BCUT2D eigenvalue weighted by molar-refractivity contribution is 7.91. The monoisotopic (exact) mass is 520 g/mol. The van der Waals surface area contributed by atoms with Crippen molar-refractivity contribution in [1.82, 2.24) is 9.79 Å². The van der Waals surface area contributed by atoms with Crippen LogP contribution in [0, 0.1) is 0 Å². The maximum atomic E-state index is 13.8. The Labute approximate surface area is 218 Å². The molecule has 2 N–H and O–H groups in total. The molecule has 0 atom stereocenters. The van der Waals surface area contributed by atoms with Crippen molar-refractivity contribution in [2.45, 2.75) is 42.8 Å². The number of nitrogens with zero attached hydrogens (tertiary/aromatic N) is 1. The van der Waals surface area contributed by atoms with E-state index in [1.54, 1.807) is 12.6 Å². The Kier molecular flexibility index (Phi) is 7.07. The standard InChI is InChI=1S/C29H32N2O5S/c1-36-27-8-4-5-22(18-27)17-21-9-11-23(12-10-21)24-13-15-31(16-14-24)37(34,35)29(28(32)30-33)19-25-6-2-3-7-26(25)20-29/h2-12,18,24,33H,13-17,19-20H2,1H3,(H,30,32). The molecule has 0 bridgehead atoms. The molecule has 3 aromatic carbocycles. The summed E-state index contributed by atoms with van der Waals surface area (Å²) in [6, 6.07) is 24.0. The van der Waals surface area contributed by atoms with Gasteiger partial charge in [0.25, 0.3) is 5.91 Å². The highest BCUT2D eigenvalue weighted by Gasteiger charge is 2.56. The van der Waals surface area contributed by atoms with Crippen molar-refractivity contribution in [3.63, 3.8) is 0 Å². The van der Waals surface area contributed by atoms with Crippen LogP contribution in [0.25, 0.3) is 0 Å². The molecule has 194 valence electrons. The van der Waals surface area contributed by atoms with Gasteiger partial charge in [-0.05, 0) is 65.1 Å². The van der Waals surface area contributed by atoms with Gasteiger partial charge >= 0.3 is 0 Å². The topological polar surface area (TPSA) is 95.9 Å². The van der Waals surface area contributed by atoms with Gasteiger partial charge in [-0.2, -0.15) is 0 Å². The molecule has 0 radical (unpaired) electrons. The van der Waals surface area contributed by atoms with Crippen LogP contribution in [-0.2, 0) is 34.1 Å². The molecule has 37 heavy (non-hydrogen) atoms. The van der Waals surface area contributed by atoms with Gasteiger partial charge in [0.2, 0.25) is 10.0 Å². The van der Waals surface area contributed by atoms with Gasteiger partial charge in [0.15, 0.2) is 4.75 Å². The Morgan fingerprint density at radius 1 is 0.973 bits per heavy atom. The lowest BCUT2D eigenvalue weighted by molar-refractivity contribution is -0.131. The molecule has 0 unspecified atom stereocenters. The third kappa shape index (κ3) is 4.77. The van der Waals surface area contributed by atoms with Gasteiger partial charge in [0.1, 0.15) is 5.75 Å². The van der Waals surface area contributed by atoms with Crippen molar-refractivity contribution in [3.8, 4) is 5.75 Å². The summed E-state index contributed by atoms with van der Waals surface area (Å²) in [7, 11) is -2.34. The average Bonchev–Trinajstić information content (AvgIpc) is 3.35. The zero-order valence-corrected chi connectivity index (χ0v) is 21.7. The molecule has 0 aromatic heterocycles. The molecule has 7 nitrogen and oxygen atoms in total. The number of methoxy groups -OCH3 is 1. The SMILES string of the molecule is COc1cccc(Cc2ccc(C3CCN(S(=O)(=O)C4(C(=O)NO)Cc5ccccc5C4)CC3)cc2)c1. The average molecular weight is 521 g/mol. The fourth-order valence-corrected chi connectivity index (χ4v) is 7.89. The number of piperidine rings is 1. The van der Waals surface area contributed by atoms with E-state index in [1.807, 2.05) is 42.5 Å². The molecule has 0 spiro atoms. The number of hydrogen-bond donors (Lipinski definition) is 2. The van der Waals surface area contributed by atoms with Gasteiger partial charge in [-0.25, -0.2) is 18.2 Å². The molecule has 1 fully saturated rings. The van der Waals surface area contributed by atoms with E-state index < -0.39 is 20.7 Å². The van der Waals surface area contributed by atoms with Crippen LogP contribution in [0.4, 0.5) is 0 Å². The predicted octanol–water partition coefficient (Wildman–Crippen LogP) is 3.84. The van der Waals surface area contributed by atoms with Crippen molar-refractivity contribution in [2.75, 3.05) is 20.2 Å². The van der Waals surface area contributed by atoms with Gasteiger partial charge in [-0.15, -0.1) is 0 Å². The summed E-state index contributed by atoms with van der Waals surface area (Å²) in [6.45, 7) is 0.685. The second-order valence-corrected chi connectivity index (χ2v) is 12.3. The second kappa shape index (κ2) is 10.3. The van der Waals surface area contributed by atoms with Crippen LogP contribution in [0.15, 0.2) is 72.8 Å². The minimum Gasteiger partial charge on any atom is -0.497 e. The zero-order chi connectivity index (χ0) is 26.0. The molecule has 8 heteroatoms. The van der Waals surface area contributed by atoms with Crippen LogP contribution < -0.4 is 10.2 Å². The first kappa shape index (κ1) is 25.4. The molecule has 1 aliphatic carbocycles. The smallest absolute Gasteiger partial charge is 0.266 e. The van der Waals surface area contributed by atoms with Crippen molar-refractivity contribution in [1.29, 1.82) is 0 Å². The summed E-state index contributed by atoms with van der Waals surface area (Å²) in [5.74, 6) is 0.230. The van der Waals surface area contributed by atoms with Crippen LogP contribution in [0.3, 0.4) is 0 Å². The van der Waals surface area contributed by atoms with Gasteiger partial charge in [-0.3, -0.25) is 10.0 Å². The van der Waals surface area contributed by atoms with E-state index in [2.05, 4.69) is 30.3 Å². The molecule has 1 amide bonds. The molecule has 1 saturated heterocycles. The van der Waals surface area contributed by atoms with E-state index >= 15 is 0 Å². The minimum atomic E-state index is -4.00. The maximum Gasteiger partial charge on any atom is 0.266 e. The number of fused-ring (bicyclic) bond motifs is 1. The summed E-state index contributed by atoms with van der Waals surface area (Å²) >= 11 is 0. The fourth-order valence-electron chi connectivity index (χ4n) is 5.74. The van der Waals surface area contributed by atoms with E-state index in [9.17, 15) is 18.4 Å². The number of ether oxygens (including phenoxy) is 1. The number of nitrogens with one attached hydrogen (secondary N) is 1. The second-order valence-electron chi connectivity index (χ2n) is 10.0. The van der Waals surface area contributed by atoms with E-state index in [1.165, 1.54) is 21.0 Å². The van der Waals surface area contributed by atoms with Crippen molar-refractivity contribution >= 4 is 15.9 Å². The molecular formula is C29H32N2O5S. The summed E-state index contributed by atoms with van der Waals surface area (Å²) in [6.07, 6.45) is 2.29. The van der Waals surface area contributed by atoms with Gasteiger partial charge in [0, 0.05) is 25.9 Å². The van der Waals surface area contributed by atoms with Crippen molar-refractivity contribution < 1.29 is 23.2 Å². The first-order chi connectivity index (χ1) is 17.9. The van der Waals surface area contributed by atoms with Crippen molar-refractivity contribution in [3.05, 3.63) is 101 Å². The molecule has 0 saturated carbocycles. The Bertz CT molecular complexity index is 1350. The number of amides is 1. The molecule has 1 heterocycles. The molecule has 5 rings (SSSR count). The number of carbonyl (C=O) groups is 1. The molecular weight excluding hydrogens is 488 g/mol. The number of hydroxylamine groups is 1. The quantitative estimate of drug-likeness (QED) is 0.365. The van der Waals surface area contributed by atoms with Gasteiger partial charge in [-0.1, -0.05) is 60.7 Å². The maximum absolute atomic E-state index is 13.8. The molecule has 1 aliphatic heterocycles. The molecule has 3 aromatic rings. The summed E-state index contributed by atoms with van der Waals surface area (Å²) < 4.78 is 32.7. The Hall–Kier alpha value is -3.20. The lowest BCUT2D eigenvalue weighted by Crippen LogP contribution is -2.58. The van der Waals surface area contributed by atoms with E-state index in [-0.39, 0.29) is 18.8 Å². The lowest BCUT2D eigenvalue weighted by Gasteiger charge is -2.37. The zero-order valence-electron chi connectivity index (χ0n) is 20.9. The first-order valence-corrected chi connectivity index (χ1v) is 14.0. The normalized spacial score (nSPS) is 17.8. The first-order valence-electron chi connectivity index (χ1n) is 12.6. The van der Waals surface area contributed by atoms with Gasteiger partial charge in [0.05, 0.1) is 7.11 Å². The largest absolute Gasteiger partial charge is 0.497 e. The predicted molar refractivity (Wildman–Crippen MR) is 141 cm³/mol. The van der Waals surface area contributed by atoms with Crippen LogP contribution in [0.2, 0.25) is 0 Å². The van der Waals surface area contributed by atoms with Crippen LogP contribution in [0.5, 0.6) is 5.75 Å². The van der Waals surface area contributed by atoms with Crippen LogP contribution >= 0.6 is 0 Å². The van der Waals surface area contributed by atoms with E-state index in [0.29, 0.717) is 25.9 Å². The number of hydrogen-bond acceptors (Lipinski definition) is 5. The lowest BCUT2D eigenvalue weighted by atomic mass is 9.89. The summed E-state index contributed by atoms with van der Waals surface area (Å²) in [5.41, 5.74) is 6.88. The highest BCUT2D eigenvalue weighted by Crippen LogP contribution is 2.40. The number of sulfonamides is 1. The highest BCUT2D eigenvalue weighted by atomic mass is 32.2. The number of benzene rings is 3. The van der Waals surface area contributed by atoms with Crippen LogP contribution in [-0.4, -0.2) is 48.8 Å².